The minimum absolute atomic E-state index is 0.0992. The highest BCUT2D eigenvalue weighted by atomic mass is 16.2. The first-order chi connectivity index (χ1) is 13.0. The number of fused-ring (bicyclic) bond motifs is 1. The fourth-order valence-corrected chi connectivity index (χ4v) is 3.83. The zero-order valence-electron chi connectivity index (χ0n) is 16.1. The van der Waals surface area contributed by atoms with Crippen molar-refractivity contribution in [3.63, 3.8) is 0 Å². The van der Waals surface area contributed by atoms with Crippen molar-refractivity contribution in [1.82, 2.24) is 20.4 Å². The molecule has 1 aromatic rings. The van der Waals surface area contributed by atoms with Crippen LogP contribution in [0.15, 0.2) is 18.2 Å². The predicted octanol–water partition coefficient (Wildman–Crippen LogP) is 0.879. The summed E-state index contributed by atoms with van der Waals surface area (Å²) >= 11 is 0. The summed E-state index contributed by atoms with van der Waals surface area (Å²) in [5.41, 5.74) is 2.69. The Labute approximate surface area is 160 Å². The molecule has 1 atom stereocenters. The van der Waals surface area contributed by atoms with Crippen molar-refractivity contribution in [2.75, 3.05) is 26.2 Å². The predicted molar refractivity (Wildman–Crippen MR) is 102 cm³/mol. The number of carbonyl (C=O) groups is 3. The zero-order chi connectivity index (χ0) is 19.4. The molecule has 7 nitrogen and oxygen atoms in total. The highest BCUT2D eigenvalue weighted by Crippen LogP contribution is 2.30. The molecule has 0 radical (unpaired) electrons. The maximum Gasteiger partial charge on any atom is 0.255 e. The van der Waals surface area contributed by atoms with Gasteiger partial charge in [-0.1, -0.05) is 32.0 Å². The number of imide groups is 1. The van der Waals surface area contributed by atoms with Gasteiger partial charge >= 0.3 is 0 Å². The monoisotopic (exact) mass is 372 g/mol. The van der Waals surface area contributed by atoms with E-state index in [4.69, 9.17) is 0 Å². The van der Waals surface area contributed by atoms with Crippen molar-refractivity contribution >= 4 is 17.7 Å². The van der Waals surface area contributed by atoms with Crippen LogP contribution in [0.5, 0.6) is 0 Å². The molecule has 2 heterocycles. The molecule has 1 aromatic carbocycles. The molecule has 0 bridgehead atoms. The Morgan fingerprint density at radius 2 is 2.07 bits per heavy atom. The number of hydrogen-bond donors (Lipinski definition) is 2. The lowest BCUT2D eigenvalue weighted by atomic mass is 10.0. The number of likely N-dealkylation sites (N-methyl/N-ethyl adjacent to an activating group) is 2. The second-order valence-electron chi connectivity index (χ2n) is 7.07. The second kappa shape index (κ2) is 8.63. The molecule has 1 saturated heterocycles. The van der Waals surface area contributed by atoms with E-state index in [-0.39, 0.29) is 24.1 Å². The molecule has 2 aliphatic heterocycles. The number of carbonyl (C=O) groups excluding carboxylic acids is 3. The molecular formula is C20H28N4O3. The second-order valence-corrected chi connectivity index (χ2v) is 7.07. The van der Waals surface area contributed by atoms with Gasteiger partial charge in [-0.05, 0) is 30.6 Å². The fourth-order valence-electron chi connectivity index (χ4n) is 3.83. The topological polar surface area (TPSA) is 81.8 Å². The van der Waals surface area contributed by atoms with Crippen LogP contribution in [0, 0.1) is 0 Å². The van der Waals surface area contributed by atoms with Gasteiger partial charge in [0.25, 0.3) is 5.91 Å². The van der Waals surface area contributed by atoms with Gasteiger partial charge in [0.15, 0.2) is 0 Å². The van der Waals surface area contributed by atoms with Crippen LogP contribution in [-0.2, 0) is 22.7 Å². The third-order valence-electron chi connectivity index (χ3n) is 5.33. The minimum atomic E-state index is -0.563. The summed E-state index contributed by atoms with van der Waals surface area (Å²) in [7, 11) is 0. The summed E-state index contributed by atoms with van der Waals surface area (Å²) in [6, 6.07) is 5.37. The number of nitrogens with zero attached hydrogens (tertiary/aromatic N) is 2. The normalized spacial score (nSPS) is 19.6. The minimum Gasteiger partial charge on any atom is -0.322 e. The Morgan fingerprint density at radius 3 is 2.78 bits per heavy atom. The first-order valence-corrected chi connectivity index (χ1v) is 9.73. The number of hydrogen-bond acceptors (Lipinski definition) is 5. The van der Waals surface area contributed by atoms with Crippen LogP contribution in [-0.4, -0.2) is 59.7 Å². The Balaban J connectivity index is 1.76. The van der Waals surface area contributed by atoms with E-state index in [1.54, 1.807) is 4.90 Å². The Kier molecular flexibility index (Phi) is 6.23. The molecule has 0 aliphatic carbocycles. The number of amides is 3. The van der Waals surface area contributed by atoms with Gasteiger partial charge in [-0.2, -0.15) is 0 Å². The Bertz CT molecular complexity index is 734. The molecule has 2 aliphatic rings. The van der Waals surface area contributed by atoms with Gasteiger partial charge < -0.3 is 10.2 Å². The first-order valence-electron chi connectivity index (χ1n) is 9.73. The molecule has 7 heteroatoms. The van der Waals surface area contributed by atoms with E-state index in [2.05, 4.69) is 29.4 Å². The van der Waals surface area contributed by atoms with E-state index in [1.807, 2.05) is 18.2 Å². The van der Waals surface area contributed by atoms with Crippen molar-refractivity contribution in [3.05, 3.63) is 34.9 Å². The highest BCUT2D eigenvalue weighted by Gasteiger charge is 2.39. The summed E-state index contributed by atoms with van der Waals surface area (Å²) < 4.78 is 0. The number of rotatable bonds is 8. The quantitative estimate of drug-likeness (QED) is 0.523. The van der Waals surface area contributed by atoms with Crippen LogP contribution in [0.25, 0.3) is 0 Å². The van der Waals surface area contributed by atoms with E-state index >= 15 is 0 Å². The van der Waals surface area contributed by atoms with Crippen molar-refractivity contribution in [2.24, 2.45) is 0 Å². The Hall–Kier alpha value is -2.25. The highest BCUT2D eigenvalue weighted by molar-refractivity contribution is 6.05. The lowest BCUT2D eigenvalue weighted by Gasteiger charge is -2.29. The summed E-state index contributed by atoms with van der Waals surface area (Å²) in [4.78, 5) is 40.6. The number of benzene rings is 1. The third-order valence-corrected chi connectivity index (χ3v) is 5.33. The summed E-state index contributed by atoms with van der Waals surface area (Å²) in [6.45, 7) is 9.01. The Morgan fingerprint density at radius 1 is 1.26 bits per heavy atom. The van der Waals surface area contributed by atoms with Crippen LogP contribution >= 0.6 is 0 Å². The smallest absolute Gasteiger partial charge is 0.255 e. The van der Waals surface area contributed by atoms with E-state index in [0.717, 1.165) is 42.9 Å². The van der Waals surface area contributed by atoms with Crippen molar-refractivity contribution in [3.8, 4) is 0 Å². The average molecular weight is 372 g/mol. The van der Waals surface area contributed by atoms with Crippen molar-refractivity contribution in [2.45, 2.75) is 45.8 Å². The molecule has 146 valence electrons. The maximum atomic E-state index is 13.1. The average Bonchev–Trinajstić information content (AvgIpc) is 2.98. The number of piperidine rings is 1. The largest absolute Gasteiger partial charge is 0.322 e. The zero-order valence-corrected chi connectivity index (χ0v) is 16.1. The van der Waals surface area contributed by atoms with Crippen LogP contribution in [0.1, 0.15) is 48.2 Å². The summed E-state index contributed by atoms with van der Waals surface area (Å²) in [5.74, 6) is -0.729. The van der Waals surface area contributed by atoms with Gasteiger partial charge in [0.2, 0.25) is 11.8 Å². The fraction of sp³-hybridized carbons (Fsp3) is 0.550. The van der Waals surface area contributed by atoms with Gasteiger partial charge in [0.05, 0.1) is 0 Å². The third kappa shape index (κ3) is 4.20. The van der Waals surface area contributed by atoms with Gasteiger partial charge in [-0.3, -0.25) is 24.6 Å². The van der Waals surface area contributed by atoms with Gasteiger partial charge in [0, 0.05) is 38.2 Å². The molecule has 1 fully saturated rings. The van der Waals surface area contributed by atoms with Gasteiger partial charge in [0.1, 0.15) is 6.04 Å². The molecule has 3 amide bonds. The van der Waals surface area contributed by atoms with E-state index in [1.165, 1.54) is 0 Å². The molecule has 27 heavy (non-hydrogen) atoms. The lowest BCUT2D eigenvalue weighted by Crippen LogP contribution is -2.52. The molecule has 2 N–H and O–H groups in total. The van der Waals surface area contributed by atoms with Crippen LogP contribution in [0.2, 0.25) is 0 Å². The summed E-state index contributed by atoms with van der Waals surface area (Å²) in [5, 5.41) is 5.68. The van der Waals surface area contributed by atoms with E-state index in [9.17, 15) is 14.4 Å². The summed E-state index contributed by atoms with van der Waals surface area (Å²) in [6.07, 6.45) is 0.668. The van der Waals surface area contributed by atoms with E-state index in [0.29, 0.717) is 19.5 Å². The van der Waals surface area contributed by atoms with Crippen LogP contribution in [0.4, 0.5) is 0 Å². The standard InChI is InChI=1S/C20H28N4O3/c1-3-21-10-11-23(4-2)12-14-6-5-7-15-13-24(20(27)18(14)15)16-8-9-17(25)22-19(16)26/h5-7,16,21H,3-4,8-13H2,1-2H3,(H,22,25,26). The first kappa shape index (κ1) is 19.5. The van der Waals surface area contributed by atoms with Crippen molar-refractivity contribution < 1.29 is 14.4 Å². The molecule has 3 rings (SSSR count). The maximum absolute atomic E-state index is 13.1. The molecule has 0 spiro atoms. The van der Waals surface area contributed by atoms with E-state index < -0.39 is 6.04 Å². The molecular weight excluding hydrogens is 344 g/mol. The molecule has 0 aromatic heterocycles. The number of nitrogens with one attached hydrogen (secondary N) is 2. The van der Waals surface area contributed by atoms with Gasteiger partial charge in [-0.15, -0.1) is 0 Å². The van der Waals surface area contributed by atoms with Crippen molar-refractivity contribution in [1.29, 1.82) is 0 Å². The molecule has 0 saturated carbocycles. The molecule has 1 unspecified atom stereocenters. The van der Waals surface area contributed by atoms with Crippen LogP contribution < -0.4 is 10.6 Å². The lowest BCUT2D eigenvalue weighted by molar-refractivity contribution is -0.136. The van der Waals surface area contributed by atoms with Crippen LogP contribution in [0.3, 0.4) is 0 Å². The van der Waals surface area contributed by atoms with Gasteiger partial charge in [-0.25, -0.2) is 0 Å². The SMILES string of the molecule is CCNCCN(CC)Cc1cccc2c1C(=O)N(C1CCC(=O)NC1=O)C2.